The van der Waals surface area contributed by atoms with E-state index >= 15 is 0 Å². The van der Waals surface area contributed by atoms with Crippen molar-refractivity contribution in [1.29, 1.82) is 0 Å². The molecular weight excluding hydrogens is 290 g/mol. The van der Waals surface area contributed by atoms with E-state index in [1.807, 2.05) is 13.8 Å². The normalized spacial score (nSPS) is 22.9. The molecule has 7 nitrogen and oxygen atoms in total. The second-order valence-corrected chi connectivity index (χ2v) is 5.82. The zero-order valence-corrected chi connectivity index (χ0v) is 13.1. The van der Waals surface area contributed by atoms with Gasteiger partial charge in [-0.25, -0.2) is 0 Å². The molecule has 2 aliphatic rings. The minimum Gasteiger partial charge on any atom is -0.618 e. The maximum absolute atomic E-state index is 11.5. The zero-order valence-electron chi connectivity index (χ0n) is 13.1. The molecule has 2 saturated heterocycles. The van der Waals surface area contributed by atoms with Gasteiger partial charge in [0.1, 0.15) is 25.6 Å². The maximum atomic E-state index is 11.5. The number of hydrogen-bond donors (Lipinski definition) is 0. The average Bonchev–Trinajstić information content (AvgIpc) is 2.97. The van der Waals surface area contributed by atoms with Gasteiger partial charge in [0, 0.05) is 13.0 Å². The fraction of sp³-hybridized carbons (Fsp3) is 0.667. The average molecular weight is 311 g/mol. The predicted molar refractivity (Wildman–Crippen MR) is 75.3 cm³/mol. The van der Waals surface area contributed by atoms with Crippen LogP contribution in [-0.4, -0.2) is 44.6 Å². The standard InChI is InChI=1S/C15H21NO6/c1-11-12(2)16(17)5-4-13(11)18-8-14(3)21-9-15(10-22-14)19-6-7-20-15/h4-5H,6-10H2,1-3H3. The van der Waals surface area contributed by atoms with Crippen LogP contribution in [0.25, 0.3) is 0 Å². The van der Waals surface area contributed by atoms with Gasteiger partial charge in [0.25, 0.3) is 0 Å². The van der Waals surface area contributed by atoms with Gasteiger partial charge in [-0.05, 0) is 13.8 Å². The monoisotopic (exact) mass is 311 g/mol. The van der Waals surface area contributed by atoms with E-state index in [0.717, 1.165) is 10.3 Å². The number of hydrogen-bond acceptors (Lipinski definition) is 6. The fourth-order valence-corrected chi connectivity index (χ4v) is 2.44. The summed E-state index contributed by atoms with van der Waals surface area (Å²) in [6.07, 6.45) is 1.43. The first kappa shape index (κ1) is 15.5. The van der Waals surface area contributed by atoms with Crippen molar-refractivity contribution < 1.29 is 28.4 Å². The van der Waals surface area contributed by atoms with Gasteiger partial charge < -0.3 is 28.9 Å². The first-order valence-corrected chi connectivity index (χ1v) is 7.31. The molecule has 0 unspecified atom stereocenters. The molecule has 7 heteroatoms. The first-order chi connectivity index (χ1) is 10.4. The van der Waals surface area contributed by atoms with Crippen LogP contribution in [0, 0.1) is 19.1 Å². The van der Waals surface area contributed by atoms with E-state index in [1.165, 1.54) is 6.20 Å². The molecule has 0 aromatic carbocycles. The summed E-state index contributed by atoms with van der Waals surface area (Å²) in [7, 11) is 0. The van der Waals surface area contributed by atoms with E-state index in [9.17, 15) is 5.21 Å². The van der Waals surface area contributed by atoms with Crippen molar-refractivity contribution >= 4 is 0 Å². The fourth-order valence-electron chi connectivity index (χ4n) is 2.44. The molecule has 1 aromatic heterocycles. The van der Waals surface area contributed by atoms with Crippen molar-refractivity contribution in [3.8, 4) is 5.75 Å². The van der Waals surface area contributed by atoms with Gasteiger partial charge in [-0.1, -0.05) is 0 Å². The van der Waals surface area contributed by atoms with E-state index in [-0.39, 0.29) is 6.61 Å². The van der Waals surface area contributed by atoms with Crippen LogP contribution in [0.15, 0.2) is 12.3 Å². The van der Waals surface area contributed by atoms with Gasteiger partial charge in [0.2, 0.25) is 5.79 Å². The lowest BCUT2D eigenvalue weighted by molar-refractivity contribution is -0.612. The van der Waals surface area contributed by atoms with E-state index < -0.39 is 11.6 Å². The molecule has 0 bridgehead atoms. The summed E-state index contributed by atoms with van der Waals surface area (Å²) >= 11 is 0. The minimum absolute atomic E-state index is 0.215. The number of rotatable bonds is 3. The SMILES string of the molecule is Cc1c(OCC2(C)OCC3(CO2)OCCO3)cc[n+]([O-])c1C. The molecule has 0 atom stereocenters. The molecule has 3 rings (SSSR count). The highest BCUT2D eigenvalue weighted by atomic mass is 16.8. The predicted octanol–water partition coefficient (Wildman–Crippen LogP) is 0.822. The van der Waals surface area contributed by atoms with Crippen LogP contribution in [-0.2, 0) is 18.9 Å². The van der Waals surface area contributed by atoms with E-state index in [4.69, 9.17) is 23.7 Å². The molecule has 0 amide bonds. The van der Waals surface area contributed by atoms with E-state index in [0.29, 0.717) is 37.9 Å². The maximum Gasteiger partial charge on any atom is 0.216 e. The van der Waals surface area contributed by atoms with Gasteiger partial charge in [0.05, 0.1) is 18.8 Å². The van der Waals surface area contributed by atoms with Crippen molar-refractivity contribution in [2.45, 2.75) is 32.3 Å². The van der Waals surface area contributed by atoms with Gasteiger partial charge in [-0.3, -0.25) is 0 Å². The molecule has 0 saturated carbocycles. The molecule has 1 aromatic rings. The van der Waals surface area contributed by atoms with Crippen molar-refractivity contribution in [1.82, 2.24) is 0 Å². The first-order valence-electron chi connectivity index (χ1n) is 7.31. The third-order valence-corrected chi connectivity index (χ3v) is 4.10. The third-order valence-electron chi connectivity index (χ3n) is 4.10. The Balaban J connectivity index is 1.61. The number of nitrogens with zero attached hydrogens (tertiary/aromatic N) is 1. The summed E-state index contributed by atoms with van der Waals surface area (Å²) in [5.74, 6) is -0.997. The zero-order chi connectivity index (χ0) is 15.8. The molecule has 2 aliphatic heterocycles. The Hall–Kier alpha value is -1.41. The van der Waals surface area contributed by atoms with E-state index in [2.05, 4.69) is 0 Å². The third kappa shape index (κ3) is 2.89. The molecule has 1 spiro atoms. The Kier molecular flexibility index (Phi) is 3.98. The molecule has 0 N–H and O–H groups in total. The molecule has 3 heterocycles. The Bertz CT molecular complexity index is 545. The molecule has 0 radical (unpaired) electrons. The Morgan fingerprint density at radius 3 is 2.45 bits per heavy atom. The second kappa shape index (κ2) is 5.66. The van der Waals surface area contributed by atoms with Gasteiger partial charge in [-0.15, -0.1) is 0 Å². The summed E-state index contributed by atoms with van der Waals surface area (Å²) in [6, 6.07) is 1.65. The summed E-state index contributed by atoms with van der Waals surface area (Å²) in [4.78, 5) is 0. The molecule has 22 heavy (non-hydrogen) atoms. The molecular formula is C15H21NO6. The van der Waals surface area contributed by atoms with Crippen LogP contribution >= 0.6 is 0 Å². The molecule has 0 aliphatic carbocycles. The topological polar surface area (TPSA) is 73.1 Å². The lowest BCUT2D eigenvalue weighted by atomic mass is 10.2. The number of ether oxygens (including phenoxy) is 5. The van der Waals surface area contributed by atoms with Crippen LogP contribution in [0.5, 0.6) is 5.75 Å². The molecule has 122 valence electrons. The van der Waals surface area contributed by atoms with Gasteiger partial charge in [0.15, 0.2) is 17.7 Å². The number of aromatic nitrogens is 1. The Labute approximate surface area is 129 Å². The smallest absolute Gasteiger partial charge is 0.216 e. The second-order valence-electron chi connectivity index (χ2n) is 5.82. The Morgan fingerprint density at radius 2 is 1.82 bits per heavy atom. The number of pyridine rings is 1. The summed E-state index contributed by atoms with van der Waals surface area (Å²) in [5.41, 5.74) is 1.41. The van der Waals surface area contributed by atoms with Crippen LogP contribution in [0.3, 0.4) is 0 Å². The summed E-state index contributed by atoms with van der Waals surface area (Å²) in [5, 5.41) is 11.5. The van der Waals surface area contributed by atoms with Crippen LogP contribution in [0.4, 0.5) is 0 Å². The molecule has 2 fully saturated rings. The lowest BCUT2D eigenvalue weighted by Crippen LogP contribution is -2.55. The van der Waals surface area contributed by atoms with E-state index in [1.54, 1.807) is 13.0 Å². The van der Waals surface area contributed by atoms with Crippen molar-refractivity contribution in [3.63, 3.8) is 0 Å². The summed E-state index contributed by atoms with van der Waals surface area (Å²) < 4.78 is 29.2. The quantitative estimate of drug-likeness (QED) is 0.608. The highest BCUT2D eigenvalue weighted by Crippen LogP contribution is 2.31. The summed E-state index contributed by atoms with van der Waals surface area (Å²) in [6.45, 7) is 7.35. The lowest BCUT2D eigenvalue weighted by Gasteiger charge is -2.41. The van der Waals surface area contributed by atoms with Crippen LogP contribution in [0.1, 0.15) is 18.2 Å². The highest BCUT2D eigenvalue weighted by Gasteiger charge is 2.46. The largest absolute Gasteiger partial charge is 0.618 e. The van der Waals surface area contributed by atoms with Crippen molar-refractivity contribution in [2.24, 2.45) is 0 Å². The van der Waals surface area contributed by atoms with Crippen LogP contribution < -0.4 is 9.47 Å². The van der Waals surface area contributed by atoms with Crippen molar-refractivity contribution in [3.05, 3.63) is 28.7 Å². The minimum atomic E-state index is -0.871. The van der Waals surface area contributed by atoms with Gasteiger partial charge in [-0.2, -0.15) is 4.73 Å². The van der Waals surface area contributed by atoms with Gasteiger partial charge >= 0.3 is 0 Å². The Morgan fingerprint density at radius 1 is 1.18 bits per heavy atom. The highest BCUT2D eigenvalue weighted by molar-refractivity contribution is 5.31. The van der Waals surface area contributed by atoms with Crippen molar-refractivity contribution in [2.75, 3.05) is 33.0 Å². The van der Waals surface area contributed by atoms with Crippen LogP contribution in [0.2, 0.25) is 0 Å².